The van der Waals surface area contributed by atoms with Gasteiger partial charge in [-0.25, -0.2) is 4.79 Å². The zero-order chi connectivity index (χ0) is 19.8. The van der Waals surface area contributed by atoms with Gasteiger partial charge in [0.15, 0.2) is 0 Å². The van der Waals surface area contributed by atoms with Gasteiger partial charge in [-0.05, 0) is 31.2 Å². The van der Waals surface area contributed by atoms with Crippen LogP contribution in [0.5, 0.6) is 5.75 Å². The number of furan rings is 1. The highest BCUT2D eigenvalue weighted by atomic mass is 32.1. The molecule has 0 N–H and O–H groups in total. The predicted molar refractivity (Wildman–Crippen MR) is 105 cm³/mol. The zero-order valence-corrected chi connectivity index (χ0v) is 16.6. The van der Waals surface area contributed by atoms with Crippen molar-refractivity contribution in [2.45, 2.75) is 20.1 Å². The molecule has 4 rings (SSSR count). The number of aryl methyl sites for hydroxylation is 1. The first-order chi connectivity index (χ1) is 13.5. The molecule has 2 aromatic heterocycles. The second kappa shape index (κ2) is 7.16. The number of para-hydroxylation sites is 1. The lowest BCUT2D eigenvalue weighted by molar-refractivity contribution is 0.0598. The standard InChI is InChI=1S/C21H19NO5S/c1-12-16(21(24)25-3)9-14(27-12)10-22(2)20(23)18-8-13-11-26-17-7-5-4-6-15(17)19(13)28-18/h4-9H,10-11H2,1-3H3. The summed E-state index contributed by atoms with van der Waals surface area (Å²) in [5, 5.41) is 0. The van der Waals surface area contributed by atoms with Crippen LogP contribution in [0, 0.1) is 6.92 Å². The topological polar surface area (TPSA) is 69.0 Å². The number of amides is 1. The molecule has 3 heterocycles. The van der Waals surface area contributed by atoms with Crippen molar-refractivity contribution in [3.63, 3.8) is 0 Å². The Balaban J connectivity index is 1.55. The monoisotopic (exact) mass is 397 g/mol. The van der Waals surface area contributed by atoms with Crippen molar-refractivity contribution in [1.82, 2.24) is 4.90 Å². The molecule has 0 spiro atoms. The summed E-state index contributed by atoms with van der Waals surface area (Å²) in [4.78, 5) is 27.9. The smallest absolute Gasteiger partial charge is 0.341 e. The number of methoxy groups -OCH3 is 1. The van der Waals surface area contributed by atoms with E-state index in [-0.39, 0.29) is 12.5 Å². The number of fused-ring (bicyclic) bond motifs is 3. The van der Waals surface area contributed by atoms with Gasteiger partial charge in [-0.3, -0.25) is 4.79 Å². The Bertz CT molecular complexity index is 1060. The molecular formula is C21H19NO5S. The highest BCUT2D eigenvalue weighted by Crippen LogP contribution is 2.42. The van der Waals surface area contributed by atoms with Gasteiger partial charge in [0, 0.05) is 23.1 Å². The van der Waals surface area contributed by atoms with Crippen molar-refractivity contribution in [2.24, 2.45) is 0 Å². The van der Waals surface area contributed by atoms with Gasteiger partial charge in [-0.2, -0.15) is 0 Å². The van der Waals surface area contributed by atoms with Crippen LogP contribution in [0.3, 0.4) is 0 Å². The van der Waals surface area contributed by atoms with E-state index in [0.717, 1.165) is 21.8 Å². The second-order valence-electron chi connectivity index (χ2n) is 6.59. The molecule has 1 aliphatic heterocycles. The Morgan fingerprint density at radius 1 is 1.25 bits per heavy atom. The number of thiophene rings is 1. The Labute approximate surface area is 166 Å². The molecule has 0 saturated carbocycles. The molecule has 1 aromatic carbocycles. The Hall–Kier alpha value is -3.06. The molecule has 3 aromatic rings. The molecule has 28 heavy (non-hydrogen) atoms. The fourth-order valence-electron chi connectivity index (χ4n) is 3.23. The van der Waals surface area contributed by atoms with Crippen molar-refractivity contribution in [3.05, 3.63) is 63.9 Å². The molecule has 0 atom stereocenters. The number of ether oxygens (including phenoxy) is 2. The van der Waals surface area contributed by atoms with E-state index in [1.54, 1.807) is 24.9 Å². The van der Waals surface area contributed by atoms with E-state index < -0.39 is 5.97 Å². The summed E-state index contributed by atoms with van der Waals surface area (Å²) < 4.78 is 16.1. The van der Waals surface area contributed by atoms with Gasteiger partial charge in [0.05, 0.1) is 18.5 Å². The van der Waals surface area contributed by atoms with Crippen LogP contribution in [-0.2, 0) is 17.9 Å². The Kier molecular flexibility index (Phi) is 4.68. The minimum atomic E-state index is -0.453. The van der Waals surface area contributed by atoms with Crippen LogP contribution < -0.4 is 4.74 Å². The lowest BCUT2D eigenvalue weighted by atomic mass is 10.1. The molecule has 0 unspecified atom stereocenters. The Morgan fingerprint density at radius 2 is 2.04 bits per heavy atom. The number of esters is 1. The number of carbonyl (C=O) groups excluding carboxylic acids is 2. The lowest BCUT2D eigenvalue weighted by Crippen LogP contribution is -2.25. The van der Waals surface area contributed by atoms with Crippen molar-refractivity contribution < 1.29 is 23.5 Å². The molecule has 1 amide bonds. The summed E-state index contributed by atoms with van der Waals surface area (Å²) in [6.07, 6.45) is 0. The average Bonchev–Trinajstić information content (AvgIpc) is 3.30. The van der Waals surface area contributed by atoms with E-state index in [1.165, 1.54) is 18.4 Å². The first kappa shape index (κ1) is 18.3. The highest BCUT2D eigenvalue weighted by molar-refractivity contribution is 7.17. The number of nitrogens with zero attached hydrogens (tertiary/aromatic N) is 1. The second-order valence-corrected chi connectivity index (χ2v) is 7.64. The summed E-state index contributed by atoms with van der Waals surface area (Å²) in [5.41, 5.74) is 2.40. The number of hydrogen-bond donors (Lipinski definition) is 0. The van der Waals surface area contributed by atoms with Gasteiger partial charge in [0.25, 0.3) is 5.91 Å². The van der Waals surface area contributed by atoms with Gasteiger partial charge in [0.1, 0.15) is 29.4 Å². The third-order valence-electron chi connectivity index (χ3n) is 4.65. The molecule has 0 radical (unpaired) electrons. The summed E-state index contributed by atoms with van der Waals surface area (Å²) in [6.45, 7) is 2.41. The van der Waals surface area contributed by atoms with Crippen LogP contribution >= 0.6 is 11.3 Å². The molecule has 0 bridgehead atoms. The van der Waals surface area contributed by atoms with Crippen LogP contribution in [-0.4, -0.2) is 30.9 Å². The van der Waals surface area contributed by atoms with E-state index in [2.05, 4.69) is 0 Å². The molecule has 0 saturated heterocycles. The molecular weight excluding hydrogens is 378 g/mol. The third-order valence-corrected chi connectivity index (χ3v) is 5.85. The number of benzene rings is 1. The van der Waals surface area contributed by atoms with Gasteiger partial charge in [0.2, 0.25) is 0 Å². The van der Waals surface area contributed by atoms with E-state index in [1.807, 2.05) is 30.3 Å². The SMILES string of the molecule is COC(=O)c1cc(CN(C)C(=O)c2cc3c(s2)-c2ccccc2OC3)oc1C. The maximum Gasteiger partial charge on any atom is 0.341 e. The van der Waals surface area contributed by atoms with Crippen molar-refractivity contribution >= 4 is 23.2 Å². The molecule has 0 aliphatic carbocycles. The molecule has 144 valence electrons. The first-order valence-electron chi connectivity index (χ1n) is 8.76. The highest BCUT2D eigenvalue weighted by Gasteiger charge is 2.24. The minimum Gasteiger partial charge on any atom is -0.488 e. The van der Waals surface area contributed by atoms with Gasteiger partial charge < -0.3 is 18.8 Å². The summed E-state index contributed by atoms with van der Waals surface area (Å²) in [7, 11) is 3.03. The number of rotatable bonds is 4. The van der Waals surface area contributed by atoms with Crippen LogP contribution in [0.15, 0.2) is 40.8 Å². The van der Waals surface area contributed by atoms with Gasteiger partial charge >= 0.3 is 5.97 Å². The fraction of sp³-hybridized carbons (Fsp3) is 0.238. The van der Waals surface area contributed by atoms with Crippen LogP contribution in [0.4, 0.5) is 0 Å². The summed E-state index contributed by atoms with van der Waals surface area (Å²) in [6, 6.07) is 11.3. The minimum absolute atomic E-state index is 0.106. The third kappa shape index (κ3) is 3.18. The molecule has 6 nitrogen and oxygen atoms in total. The van der Waals surface area contributed by atoms with Crippen LogP contribution in [0.2, 0.25) is 0 Å². The largest absolute Gasteiger partial charge is 0.488 e. The average molecular weight is 397 g/mol. The Morgan fingerprint density at radius 3 is 2.82 bits per heavy atom. The van der Waals surface area contributed by atoms with Crippen molar-refractivity contribution in [2.75, 3.05) is 14.2 Å². The van der Waals surface area contributed by atoms with Crippen LogP contribution in [0.25, 0.3) is 10.4 Å². The number of hydrogen-bond acceptors (Lipinski definition) is 6. The van der Waals surface area contributed by atoms with Crippen LogP contribution in [0.1, 0.15) is 37.1 Å². The quantitative estimate of drug-likeness (QED) is 0.615. The first-order valence-corrected chi connectivity index (χ1v) is 9.57. The van der Waals surface area contributed by atoms with E-state index in [4.69, 9.17) is 13.9 Å². The molecule has 7 heteroatoms. The number of carbonyl (C=O) groups is 2. The maximum absolute atomic E-state index is 12.9. The fourth-order valence-corrected chi connectivity index (χ4v) is 4.42. The van der Waals surface area contributed by atoms with Gasteiger partial charge in [-0.1, -0.05) is 12.1 Å². The van der Waals surface area contributed by atoms with Crippen molar-refractivity contribution in [1.29, 1.82) is 0 Å². The zero-order valence-electron chi connectivity index (χ0n) is 15.8. The lowest BCUT2D eigenvalue weighted by Gasteiger charge is -2.16. The van der Waals surface area contributed by atoms with E-state index in [0.29, 0.717) is 28.6 Å². The van der Waals surface area contributed by atoms with E-state index >= 15 is 0 Å². The molecule has 1 aliphatic rings. The summed E-state index contributed by atoms with van der Waals surface area (Å²) >= 11 is 1.47. The normalized spacial score (nSPS) is 12.0. The summed E-state index contributed by atoms with van der Waals surface area (Å²) in [5.74, 6) is 1.29. The predicted octanol–water partition coefficient (Wildman–Crippen LogP) is 4.27. The van der Waals surface area contributed by atoms with Crippen molar-refractivity contribution in [3.8, 4) is 16.2 Å². The van der Waals surface area contributed by atoms with Gasteiger partial charge in [-0.15, -0.1) is 11.3 Å². The van der Waals surface area contributed by atoms with E-state index in [9.17, 15) is 9.59 Å². The molecule has 0 fully saturated rings. The maximum atomic E-state index is 12.9.